The summed E-state index contributed by atoms with van der Waals surface area (Å²) in [5.41, 5.74) is 7.97. The molecule has 38 heavy (non-hydrogen) atoms. The molecule has 0 spiro atoms. The largest absolute Gasteiger partial charge is 0.459 e. The van der Waals surface area contributed by atoms with Crippen LogP contribution in [0.3, 0.4) is 0 Å². The van der Waals surface area contributed by atoms with Crippen molar-refractivity contribution in [1.82, 2.24) is 19.6 Å². The molecule has 4 aromatic rings. The van der Waals surface area contributed by atoms with Gasteiger partial charge in [-0.3, -0.25) is 4.52 Å². The third-order valence-corrected chi connectivity index (χ3v) is 7.49. The number of nitrogens with one attached hydrogen (secondary N) is 1. The molecule has 0 saturated heterocycles. The maximum atomic E-state index is 13.6. The maximum Gasteiger partial charge on any atom is 0.459 e. The van der Waals surface area contributed by atoms with Crippen molar-refractivity contribution in [3.05, 3.63) is 60.4 Å². The van der Waals surface area contributed by atoms with Crippen LogP contribution < -0.4 is 15.3 Å². The van der Waals surface area contributed by atoms with Gasteiger partial charge in [0.05, 0.1) is 23.7 Å². The van der Waals surface area contributed by atoms with Crippen LogP contribution >= 0.6 is 7.75 Å². The van der Waals surface area contributed by atoms with Crippen molar-refractivity contribution >= 4 is 35.5 Å². The predicted molar refractivity (Wildman–Crippen MR) is 139 cm³/mol. The van der Waals surface area contributed by atoms with E-state index < -0.39 is 26.1 Å². The van der Waals surface area contributed by atoms with Gasteiger partial charge in [-0.25, -0.2) is 14.5 Å². The topological polar surface area (TPSA) is 114 Å². The predicted octanol–water partition coefficient (Wildman–Crippen LogP) is 5.84. The first kappa shape index (κ1) is 27.8. The van der Waals surface area contributed by atoms with Crippen molar-refractivity contribution in [3.63, 3.8) is 0 Å². The number of hydrogen-bond donors (Lipinski definition) is 2. The second-order valence-electron chi connectivity index (χ2n) is 8.70. The fourth-order valence-electron chi connectivity index (χ4n) is 3.94. The van der Waals surface area contributed by atoms with Gasteiger partial charge in [0.25, 0.3) is 0 Å². The third-order valence-electron chi connectivity index (χ3n) is 5.69. The summed E-state index contributed by atoms with van der Waals surface area (Å²) in [7, 11) is -4.49. The van der Waals surface area contributed by atoms with Crippen molar-refractivity contribution in [2.45, 2.75) is 52.2 Å². The molecular weight excluding hydrogens is 522 g/mol. The lowest BCUT2D eigenvalue weighted by atomic mass is 10.2. The fraction of sp³-hybridized carbons (Fsp3) is 0.360. The van der Waals surface area contributed by atoms with Crippen LogP contribution in [0.25, 0.3) is 21.9 Å². The number of pyridine rings is 1. The molecule has 0 radical (unpaired) electrons. The molecule has 0 fully saturated rings. The number of alkyl halides is 3. The average Bonchev–Trinajstić information content (AvgIpc) is 3.21. The van der Waals surface area contributed by atoms with Crippen molar-refractivity contribution in [2.24, 2.45) is 0 Å². The third kappa shape index (κ3) is 6.27. The Morgan fingerprint density at radius 1 is 1.08 bits per heavy atom. The number of anilines is 1. The molecule has 0 aliphatic heterocycles. The highest BCUT2D eigenvalue weighted by Gasteiger charge is 2.43. The number of fused-ring (bicyclic) bond motifs is 3. The Labute approximate surface area is 217 Å². The molecule has 0 unspecified atom stereocenters. The van der Waals surface area contributed by atoms with Gasteiger partial charge >= 0.3 is 13.9 Å². The lowest BCUT2D eigenvalue weighted by Gasteiger charge is -2.27. The van der Waals surface area contributed by atoms with Gasteiger partial charge in [0.1, 0.15) is 29.7 Å². The van der Waals surface area contributed by atoms with E-state index in [4.69, 9.17) is 19.5 Å². The Balaban J connectivity index is 1.71. The summed E-state index contributed by atoms with van der Waals surface area (Å²) in [6.07, 6.45) is -5.56. The highest BCUT2D eigenvalue weighted by Crippen LogP contribution is 2.47. The van der Waals surface area contributed by atoms with Gasteiger partial charge in [0, 0.05) is 12.0 Å². The minimum Gasteiger partial charge on any atom is -0.413 e. The Bertz CT molecular complexity index is 1450. The van der Waals surface area contributed by atoms with Crippen LogP contribution in [-0.2, 0) is 27.0 Å². The van der Waals surface area contributed by atoms with Gasteiger partial charge in [0.15, 0.2) is 5.82 Å². The van der Waals surface area contributed by atoms with Crippen molar-refractivity contribution in [2.75, 3.05) is 12.3 Å². The number of ether oxygens (including phenoxy) is 1. The van der Waals surface area contributed by atoms with Crippen molar-refractivity contribution < 1.29 is 31.5 Å². The van der Waals surface area contributed by atoms with E-state index in [1.54, 1.807) is 29.7 Å². The highest BCUT2D eigenvalue weighted by molar-refractivity contribution is 7.52. The number of para-hydroxylation sites is 2. The Hall–Kier alpha value is -3.18. The van der Waals surface area contributed by atoms with Gasteiger partial charge in [-0.05, 0) is 39.0 Å². The normalized spacial score (nSPS) is 15.4. The fourth-order valence-corrected chi connectivity index (χ4v) is 5.66. The maximum absolute atomic E-state index is 13.6. The zero-order valence-corrected chi connectivity index (χ0v) is 22.0. The van der Waals surface area contributed by atoms with E-state index in [1.807, 2.05) is 36.3 Å². The van der Waals surface area contributed by atoms with E-state index in [9.17, 15) is 17.7 Å². The Morgan fingerprint density at radius 2 is 1.76 bits per heavy atom. The summed E-state index contributed by atoms with van der Waals surface area (Å²) in [6.45, 7) is 4.92. The van der Waals surface area contributed by atoms with E-state index in [0.29, 0.717) is 29.0 Å². The molecule has 0 bridgehead atoms. The molecule has 204 valence electrons. The summed E-state index contributed by atoms with van der Waals surface area (Å²) in [4.78, 5) is 9.06. The molecule has 3 atom stereocenters. The smallest absolute Gasteiger partial charge is 0.413 e. The van der Waals surface area contributed by atoms with Crippen LogP contribution in [-0.4, -0.2) is 39.5 Å². The number of nitrogens with two attached hydrogens (primary N) is 1. The van der Waals surface area contributed by atoms with Crippen molar-refractivity contribution in [3.8, 4) is 5.75 Å². The molecule has 0 aliphatic rings. The second kappa shape index (κ2) is 11.3. The molecule has 0 amide bonds. The number of nitrogens with zero attached hydrogens (tertiary/aromatic N) is 3. The van der Waals surface area contributed by atoms with Crippen LogP contribution in [0.5, 0.6) is 5.75 Å². The van der Waals surface area contributed by atoms with Crippen molar-refractivity contribution in [1.29, 1.82) is 0 Å². The first-order valence-corrected chi connectivity index (χ1v) is 13.5. The minimum absolute atomic E-state index is 0.0660. The monoisotopic (exact) mass is 551 g/mol. The van der Waals surface area contributed by atoms with Crippen LogP contribution in [0.2, 0.25) is 0 Å². The first-order valence-electron chi connectivity index (χ1n) is 12.0. The molecular formula is C25H29F3N5O4P. The molecule has 0 saturated carbocycles. The number of halogens is 3. The summed E-state index contributed by atoms with van der Waals surface area (Å²) in [5, 5.41) is 2.79. The molecule has 2 aromatic carbocycles. The molecule has 9 nitrogen and oxygen atoms in total. The lowest BCUT2D eigenvalue weighted by molar-refractivity contribution is -0.148. The molecule has 3 N–H and O–H groups in total. The summed E-state index contributed by atoms with van der Waals surface area (Å²) >= 11 is 0. The quantitative estimate of drug-likeness (QED) is 0.224. The van der Waals surface area contributed by atoms with Gasteiger partial charge in [-0.15, -0.1) is 0 Å². The first-order chi connectivity index (χ1) is 18.0. The van der Waals surface area contributed by atoms with Crippen LogP contribution in [0.4, 0.5) is 19.0 Å². The second-order valence-corrected chi connectivity index (χ2v) is 10.3. The van der Waals surface area contributed by atoms with Crippen LogP contribution in [0.15, 0.2) is 54.6 Å². The number of imidazole rings is 1. The molecule has 13 heteroatoms. The van der Waals surface area contributed by atoms with Gasteiger partial charge in [-0.2, -0.15) is 18.3 Å². The number of rotatable bonds is 11. The molecule has 4 rings (SSSR count). The number of nitrogen functional groups attached to an aromatic ring is 1. The number of aromatic nitrogens is 3. The lowest BCUT2D eigenvalue weighted by Crippen LogP contribution is -2.39. The van der Waals surface area contributed by atoms with Gasteiger partial charge < -0.3 is 19.6 Å². The van der Waals surface area contributed by atoms with E-state index in [0.717, 1.165) is 12.3 Å². The Morgan fingerprint density at radius 3 is 2.45 bits per heavy atom. The Kier molecular flexibility index (Phi) is 8.27. The zero-order chi connectivity index (χ0) is 27.5. The molecule has 2 aromatic heterocycles. The SMILES string of the molecule is CCOCc1nc2c(N)nc3ccccc3c2n1C[C@@H](C)O[P@](=O)(N[C@@H](C)C(F)(F)F)Oc1ccccc1. The van der Waals surface area contributed by atoms with Crippen LogP contribution in [0.1, 0.15) is 26.6 Å². The minimum atomic E-state index is -4.67. The summed E-state index contributed by atoms with van der Waals surface area (Å²) in [5.74, 6) is 0.833. The van der Waals surface area contributed by atoms with Gasteiger partial charge in [-0.1, -0.05) is 36.4 Å². The number of hydrogen-bond acceptors (Lipinski definition) is 7. The number of benzene rings is 2. The summed E-state index contributed by atoms with van der Waals surface area (Å²) < 4.78 is 72.3. The zero-order valence-electron chi connectivity index (χ0n) is 21.1. The van der Waals surface area contributed by atoms with E-state index in [-0.39, 0.29) is 24.7 Å². The van der Waals surface area contributed by atoms with E-state index in [2.05, 4.69) is 9.97 Å². The summed E-state index contributed by atoms with van der Waals surface area (Å²) in [6, 6.07) is 13.1. The highest BCUT2D eigenvalue weighted by atomic mass is 31.2. The van der Waals surface area contributed by atoms with E-state index >= 15 is 0 Å². The standard InChI is InChI=1S/C25H29F3N5O4P/c1-4-35-15-21-31-22-23(19-12-8-9-13-20(19)30-24(22)29)33(21)14-16(2)36-38(34,32-17(3)25(26,27)28)37-18-10-6-5-7-11-18/h5-13,16-17H,4,14-15H2,1-3H3,(H2,29,30)(H,32,34)/t16-,17+,38-/m1/s1. The van der Waals surface area contributed by atoms with E-state index in [1.165, 1.54) is 12.1 Å². The average molecular weight is 552 g/mol. The molecule has 2 heterocycles. The molecule has 0 aliphatic carbocycles. The van der Waals surface area contributed by atoms with Gasteiger partial charge in [0.2, 0.25) is 0 Å². The van der Waals surface area contributed by atoms with Crippen LogP contribution in [0, 0.1) is 0 Å².